The minimum Gasteiger partial charge on any atom is -0.466 e. The number of rotatable bonds is 11. The van der Waals surface area contributed by atoms with E-state index in [1.165, 1.54) is 6.92 Å². The Balaban J connectivity index is 4.68. The Morgan fingerprint density at radius 3 is 2.04 bits per heavy atom. The summed E-state index contributed by atoms with van der Waals surface area (Å²) in [5.74, 6) is -0.622. The Labute approximate surface area is 145 Å². The van der Waals surface area contributed by atoms with Gasteiger partial charge in [0.25, 0.3) is 0 Å². The van der Waals surface area contributed by atoms with E-state index >= 15 is 0 Å². The highest BCUT2D eigenvalue weighted by Crippen LogP contribution is 2.26. The van der Waals surface area contributed by atoms with Crippen LogP contribution in [0.15, 0.2) is 0 Å². The molecule has 140 valence electrons. The molecule has 0 aliphatic heterocycles. The molecule has 0 aromatic rings. The smallest absolute Gasteiger partial charge is 0.306 e. The van der Waals surface area contributed by atoms with E-state index in [1.807, 2.05) is 6.92 Å². The van der Waals surface area contributed by atoms with Gasteiger partial charge in [-0.25, -0.2) is 0 Å². The summed E-state index contributed by atoms with van der Waals surface area (Å²) in [6, 6.07) is 0. The van der Waals surface area contributed by atoms with E-state index in [2.05, 4.69) is 0 Å². The van der Waals surface area contributed by atoms with Crippen molar-refractivity contribution in [3.05, 3.63) is 0 Å². The number of ether oxygens (including phenoxy) is 3. The van der Waals surface area contributed by atoms with Crippen molar-refractivity contribution in [3.8, 4) is 0 Å². The maximum atomic E-state index is 11.7. The summed E-state index contributed by atoms with van der Waals surface area (Å²) in [7, 11) is 0. The van der Waals surface area contributed by atoms with Crippen molar-refractivity contribution in [2.75, 3.05) is 6.61 Å². The van der Waals surface area contributed by atoms with Gasteiger partial charge < -0.3 is 14.2 Å². The molecule has 0 rings (SSSR count). The second kappa shape index (κ2) is 11.0. The molecule has 0 amide bonds. The lowest BCUT2D eigenvalue weighted by atomic mass is 9.92. The molecule has 0 aliphatic carbocycles. The van der Waals surface area contributed by atoms with Gasteiger partial charge >= 0.3 is 17.9 Å². The monoisotopic (exact) mass is 344 g/mol. The largest absolute Gasteiger partial charge is 0.466 e. The summed E-state index contributed by atoms with van der Waals surface area (Å²) >= 11 is 0. The number of hydrogen-bond donors (Lipinski definition) is 0. The van der Waals surface area contributed by atoms with Crippen LogP contribution in [0.5, 0.6) is 0 Å². The third-order valence-electron chi connectivity index (χ3n) is 3.84. The van der Waals surface area contributed by atoms with Crippen molar-refractivity contribution in [1.29, 1.82) is 0 Å². The molecular formula is C18H32O6. The Morgan fingerprint density at radius 2 is 1.54 bits per heavy atom. The molecule has 0 aromatic carbocycles. The van der Waals surface area contributed by atoms with Crippen molar-refractivity contribution < 1.29 is 28.6 Å². The zero-order valence-corrected chi connectivity index (χ0v) is 15.8. The Hall–Kier alpha value is -1.59. The van der Waals surface area contributed by atoms with Gasteiger partial charge in [-0.1, -0.05) is 20.8 Å². The van der Waals surface area contributed by atoms with Gasteiger partial charge in [-0.05, 0) is 39.0 Å². The molecule has 0 spiro atoms. The van der Waals surface area contributed by atoms with Crippen molar-refractivity contribution >= 4 is 17.9 Å². The van der Waals surface area contributed by atoms with Gasteiger partial charge in [0.15, 0.2) is 0 Å². The minimum absolute atomic E-state index is 0.274. The lowest BCUT2D eigenvalue weighted by Crippen LogP contribution is -2.43. The van der Waals surface area contributed by atoms with Crippen molar-refractivity contribution in [1.82, 2.24) is 0 Å². The molecule has 0 aliphatic rings. The lowest BCUT2D eigenvalue weighted by molar-refractivity contribution is -0.181. The molecule has 0 heterocycles. The van der Waals surface area contributed by atoms with E-state index in [9.17, 15) is 14.4 Å². The zero-order chi connectivity index (χ0) is 18.8. The molecule has 0 radical (unpaired) electrons. The first-order chi connectivity index (χ1) is 11.1. The molecule has 0 saturated carbocycles. The van der Waals surface area contributed by atoms with E-state index in [0.717, 1.165) is 12.8 Å². The predicted molar refractivity (Wildman–Crippen MR) is 90.3 cm³/mol. The normalized spacial score (nSPS) is 13.8. The number of esters is 3. The van der Waals surface area contributed by atoms with Gasteiger partial charge in [0.05, 0.1) is 6.61 Å². The van der Waals surface area contributed by atoms with Crippen LogP contribution in [-0.2, 0) is 28.6 Å². The molecule has 2 atom stereocenters. The molecule has 24 heavy (non-hydrogen) atoms. The molecule has 6 nitrogen and oxygen atoms in total. The highest BCUT2D eigenvalue weighted by molar-refractivity contribution is 5.70. The summed E-state index contributed by atoms with van der Waals surface area (Å²) in [5, 5.41) is 0. The fourth-order valence-electron chi connectivity index (χ4n) is 2.21. The Morgan fingerprint density at radius 1 is 0.958 bits per heavy atom. The van der Waals surface area contributed by atoms with Crippen LogP contribution in [0.1, 0.15) is 73.6 Å². The lowest BCUT2D eigenvalue weighted by Gasteiger charge is -2.34. The fraction of sp³-hybridized carbons (Fsp3) is 0.833. The highest BCUT2D eigenvalue weighted by Gasteiger charge is 2.36. The first-order valence-electron chi connectivity index (χ1n) is 8.67. The third-order valence-corrected chi connectivity index (χ3v) is 3.84. The number of hydrogen-bond acceptors (Lipinski definition) is 6. The zero-order valence-electron chi connectivity index (χ0n) is 15.8. The number of carbonyl (C=O) groups excluding carboxylic acids is 3. The van der Waals surface area contributed by atoms with Gasteiger partial charge in [-0.15, -0.1) is 0 Å². The summed E-state index contributed by atoms with van der Waals surface area (Å²) in [4.78, 5) is 34.1. The number of carbonyl (C=O) groups is 3. The predicted octanol–water partition coefficient (Wildman–Crippen LogP) is 3.41. The van der Waals surface area contributed by atoms with E-state index in [-0.39, 0.29) is 30.7 Å². The molecule has 2 unspecified atom stereocenters. The van der Waals surface area contributed by atoms with E-state index in [0.29, 0.717) is 18.9 Å². The minimum atomic E-state index is -0.881. The van der Waals surface area contributed by atoms with E-state index in [4.69, 9.17) is 14.2 Å². The molecule has 0 bridgehead atoms. The standard InChI is InChI=1S/C18H32O6/c1-7-16(20)23-15(18(5,6)24-17(21)8-2)10-9-13(3)11-12-22-14(4)19/h13,15H,7-12H2,1-6H3. The first kappa shape index (κ1) is 22.4. The maximum absolute atomic E-state index is 11.7. The SMILES string of the molecule is CCC(=O)OC(CCC(C)CCOC(C)=O)C(C)(C)OC(=O)CC. The second-order valence-corrected chi connectivity index (χ2v) is 6.57. The van der Waals surface area contributed by atoms with Crippen LogP contribution in [0.25, 0.3) is 0 Å². The quantitative estimate of drug-likeness (QED) is 0.422. The second-order valence-electron chi connectivity index (χ2n) is 6.57. The summed E-state index contributed by atoms with van der Waals surface area (Å²) in [5.41, 5.74) is -0.881. The fourth-order valence-corrected chi connectivity index (χ4v) is 2.21. The summed E-state index contributed by atoms with van der Waals surface area (Å²) < 4.78 is 15.9. The Kier molecular flexibility index (Phi) is 10.3. The van der Waals surface area contributed by atoms with Gasteiger partial charge in [0, 0.05) is 19.8 Å². The highest BCUT2D eigenvalue weighted by atomic mass is 16.6. The van der Waals surface area contributed by atoms with E-state index in [1.54, 1.807) is 27.7 Å². The van der Waals surface area contributed by atoms with Crippen LogP contribution in [-0.4, -0.2) is 36.2 Å². The molecular weight excluding hydrogens is 312 g/mol. The van der Waals surface area contributed by atoms with Crippen LogP contribution < -0.4 is 0 Å². The Bertz CT molecular complexity index is 416. The van der Waals surface area contributed by atoms with Crippen molar-refractivity contribution in [2.24, 2.45) is 5.92 Å². The van der Waals surface area contributed by atoms with Gasteiger partial charge in [-0.3, -0.25) is 14.4 Å². The average molecular weight is 344 g/mol. The van der Waals surface area contributed by atoms with Gasteiger partial charge in [0.1, 0.15) is 11.7 Å². The van der Waals surface area contributed by atoms with Crippen molar-refractivity contribution in [3.63, 3.8) is 0 Å². The molecule has 0 aromatic heterocycles. The summed E-state index contributed by atoms with van der Waals surface area (Å²) in [6.07, 6.45) is 2.14. The van der Waals surface area contributed by atoms with Crippen LogP contribution in [0.2, 0.25) is 0 Å². The van der Waals surface area contributed by atoms with Gasteiger partial charge in [-0.2, -0.15) is 0 Å². The summed E-state index contributed by atoms with van der Waals surface area (Å²) in [6.45, 7) is 10.8. The van der Waals surface area contributed by atoms with Crippen LogP contribution in [0, 0.1) is 5.92 Å². The van der Waals surface area contributed by atoms with Crippen LogP contribution in [0.4, 0.5) is 0 Å². The third kappa shape index (κ3) is 9.53. The molecule has 6 heteroatoms. The topological polar surface area (TPSA) is 78.9 Å². The molecule has 0 fully saturated rings. The average Bonchev–Trinajstić information content (AvgIpc) is 2.49. The first-order valence-corrected chi connectivity index (χ1v) is 8.67. The molecule has 0 N–H and O–H groups in total. The molecule has 0 saturated heterocycles. The van der Waals surface area contributed by atoms with Crippen molar-refractivity contribution in [2.45, 2.75) is 85.4 Å². The van der Waals surface area contributed by atoms with Crippen LogP contribution in [0.3, 0.4) is 0 Å². The maximum Gasteiger partial charge on any atom is 0.306 e. The van der Waals surface area contributed by atoms with Crippen LogP contribution >= 0.6 is 0 Å². The van der Waals surface area contributed by atoms with E-state index < -0.39 is 11.7 Å². The van der Waals surface area contributed by atoms with Gasteiger partial charge in [0.2, 0.25) is 0 Å².